The summed E-state index contributed by atoms with van der Waals surface area (Å²) in [5.74, 6) is -0.151. The molecule has 0 aromatic heterocycles. The Hall–Kier alpha value is -1.62. The van der Waals surface area contributed by atoms with Gasteiger partial charge in [0.05, 0.1) is 12.3 Å². The van der Waals surface area contributed by atoms with E-state index in [-0.39, 0.29) is 11.7 Å². The van der Waals surface area contributed by atoms with Crippen molar-refractivity contribution >= 4 is 11.6 Å². The van der Waals surface area contributed by atoms with Crippen molar-refractivity contribution in [1.82, 2.24) is 5.32 Å². The van der Waals surface area contributed by atoms with Gasteiger partial charge in [-0.15, -0.1) is 0 Å². The zero-order valence-corrected chi connectivity index (χ0v) is 10.8. The van der Waals surface area contributed by atoms with Gasteiger partial charge >= 0.3 is 0 Å². The third kappa shape index (κ3) is 4.71. The molecule has 18 heavy (non-hydrogen) atoms. The Bertz CT molecular complexity index is 397. The van der Waals surface area contributed by atoms with Gasteiger partial charge in [-0.3, -0.25) is 4.79 Å². The van der Waals surface area contributed by atoms with Crippen LogP contribution in [0.2, 0.25) is 0 Å². The number of hydrogen-bond acceptors (Lipinski definition) is 3. The summed E-state index contributed by atoms with van der Waals surface area (Å²) in [6.45, 7) is 5.65. The highest BCUT2D eigenvalue weighted by Gasteiger charge is 2.08. The normalized spacial score (nSPS) is 10.2. The number of ether oxygens (including phenoxy) is 1. The fourth-order valence-electron chi connectivity index (χ4n) is 1.47. The number of rotatable bonds is 7. The van der Waals surface area contributed by atoms with Crippen molar-refractivity contribution in [3.63, 3.8) is 0 Å². The van der Waals surface area contributed by atoms with Crippen LogP contribution >= 0.6 is 0 Å². The standard InChI is InChI=1S/C13H19FN2O2/c1-3-15-8-7-13(17)16-11-6-5-10(14)9-12(11)18-4-2/h5-6,9,15H,3-4,7-8H2,1-2H3,(H,16,17). The van der Waals surface area contributed by atoms with Gasteiger partial charge in [-0.05, 0) is 25.6 Å². The number of halogens is 1. The molecule has 2 N–H and O–H groups in total. The van der Waals surface area contributed by atoms with Gasteiger partial charge in [0.2, 0.25) is 5.91 Å². The molecular formula is C13H19FN2O2. The Morgan fingerprint density at radius 3 is 2.83 bits per heavy atom. The average molecular weight is 254 g/mol. The lowest BCUT2D eigenvalue weighted by molar-refractivity contribution is -0.116. The summed E-state index contributed by atoms with van der Waals surface area (Å²) in [4.78, 5) is 11.6. The number of benzene rings is 1. The molecule has 0 aliphatic carbocycles. The lowest BCUT2D eigenvalue weighted by Crippen LogP contribution is -2.21. The van der Waals surface area contributed by atoms with Gasteiger partial charge in [0.15, 0.2) is 0 Å². The molecule has 1 aromatic rings. The molecular weight excluding hydrogens is 235 g/mol. The Morgan fingerprint density at radius 1 is 1.39 bits per heavy atom. The third-order valence-electron chi connectivity index (χ3n) is 2.30. The quantitative estimate of drug-likeness (QED) is 0.733. The van der Waals surface area contributed by atoms with E-state index < -0.39 is 0 Å². The monoisotopic (exact) mass is 254 g/mol. The molecule has 0 fully saturated rings. The second-order valence-corrected chi connectivity index (χ2v) is 3.73. The van der Waals surface area contributed by atoms with Crippen LogP contribution in [0.5, 0.6) is 5.75 Å². The van der Waals surface area contributed by atoms with Crippen LogP contribution in [0.15, 0.2) is 18.2 Å². The topological polar surface area (TPSA) is 50.4 Å². The van der Waals surface area contributed by atoms with Gasteiger partial charge in [0, 0.05) is 19.0 Å². The van der Waals surface area contributed by atoms with Gasteiger partial charge in [0.1, 0.15) is 11.6 Å². The van der Waals surface area contributed by atoms with Gasteiger partial charge in [0.25, 0.3) is 0 Å². The van der Waals surface area contributed by atoms with E-state index in [2.05, 4.69) is 10.6 Å². The summed E-state index contributed by atoms with van der Waals surface area (Å²) >= 11 is 0. The molecule has 0 radical (unpaired) electrons. The van der Waals surface area contributed by atoms with Gasteiger partial charge in [-0.1, -0.05) is 6.92 Å². The van der Waals surface area contributed by atoms with Crippen molar-refractivity contribution in [3.05, 3.63) is 24.0 Å². The van der Waals surface area contributed by atoms with Crippen molar-refractivity contribution in [2.75, 3.05) is 25.0 Å². The van der Waals surface area contributed by atoms with E-state index in [1.54, 1.807) is 0 Å². The smallest absolute Gasteiger partial charge is 0.225 e. The first kappa shape index (κ1) is 14.4. The highest BCUT2D eigenvalue weighted by atomic mass is 19.1. The van der Waals surface area contributed by atoms with Crippen LogP contribution < -0.4 is 15.4 Å². The maximum atomic E-state index is 13.1. The SMILES string of the molecule is CCNCCC(=O)Nc1ccc(F)cc1OCC. The van der Waals surface area contributed by atoms with Crippen molar-refractivity contribution in [2.45, 2.75) is 20.3 Å². The van der Waals surface area contributed by atoms with Crippen LogP contribution in [0.25, 0.3) is 0 Å². The van der Waals surface area contributed by atoms with Gasteiger partial charge in [-0.25, -0.2) is 4.39 Å². The maximum absolute atomic E-state index is 13.1. The molecule has 0 heterocycles. The van der Waals surface area contributed by atoms with Crippen LogP contribution in [0, 0.1) is 5.82 Å². The minimum atomic E-state index is -0.385. The summed E-state index contributed by atoms with van der Waals surface area (Å²) in [6, 6.07) is 4.07. The first-order valence-corrected chi connectivity index (χ1v) is 6.10. The largest absolute Gasteiger partial charge is 0.492 e. The molecule has 0 saturated heterocycles. The predicted molar refractivity (Wildman–Crippen MR) is 69.4 cm³/mol. The van der Waals surface area contributed by atoms with E-state index in [0.717, 1.165) is 6.54 Å². The molecule has 0 aliphatic rings. The number of nitrogens with one attached hydrogen (secondary N) is 2. The third-order valence-corrected chi connectivity index (χ3v) is 2.30. The molecule has 100 valence electrons. The summed E-state index contributed by atoms with van der Waals surface area (Å²) in [6.07, 6.45) is 0.372. The Kier molecular flexibility index (Phi) is 6.14. The summed E-state index contributed by atoms with van der Waals surface area (Å²) in [5, 5.41) is 5.77. The molecule has 0 atom stereocenters. The molecule has 0 aliphatic heterocycles. The van der Waals surface area contributed by atoms with Crippen LogP contribution in [-0.4, -0.2) is 25.6 Å². The van der Waals surface area contributed by atoms with Crippen LogP contribution in [0.1, 0.15) is 20.3 Å². The van der Waals surface area contributed by atoms with Crippen LogP contribution in [0.3, 0.4) is 0 Å². The molecule has 1 aromatic carbocycles. The van der Waals surface area contributed by atoms with E-state index in [0.29, 0.717) is 31.0 Å². The second-order valence-electron chi connectivity index (χ2n) is 3.73. The lowest BCUT2D eigenvalue weighted by atomic mass is 10.2. The molecule has 1 amide bonds. The van der Waals surface area contributed by atoms with Crippen molar-refractivity contribution in [3.8, 4) is 5.75 Å². The van der Waals surface area contributed by atoms with Crippen molar-refractivity contribution in [2.24, 2.45) is 0 Å². The second kappa shape index (κ2) is 7.66. The highest BCUT2D eigenvalue weighted by molar-refractivity contribution is 5.92. The van der Waals surface area contributed by atoms with E-state index in [1.165, 1.54) is 18.2 Å². The Morgan fingerprint density at radius 2 is 2.17 bits per heavy atom. The number of carbonyl (C=O) groups is 1. The summed E-state index contributed by atoms with van der Waals surface area (Å²) in [5.41, 5.74) is 0.500. The first-order chi connectivity index (χ1) is 8.67. The average Bonchev–Trinajstić information content (AvgIpc) is 2.33. The van der Waals surface area contributed by atoms with Gasteiger partial charge in [-0.2, -0.15) is 0 Å². The van der Waals surface area contributed by atoms with Crippen LogP contribution in [-0.2, 0) is 4.79 Å². The zero-order chi connectivity index (χ0) is 13.4. The molecule has 0 spiro atoms. The minimum absolute atomic E-state index is 0.122. The van der Waals surface area contributed by atoms with E-state index in [1.807, 2.05) is 13.8 Å². The fraction of sp³-hybridized carbons (Fsp3) is 0.462. The Labute approximate surface area is 107 Å². The number of amides is 1. The summed E-state index contributed by atoms with van der Waals surface area (Å²) in [7, 11) is 0. The molecule has 0 unspecified atom stereocenters. The lowest BCUT2D eigenvalue weighted by Gasteiger charge is -2.11. The highest BCUT2D eigenvalue weighted by Crippen LogP contribution is 2.25. The number of carbonyl (C=O) groups excluding carboxylic acids is 1. The molecule has 0 bridgehead atoms. The maximum Gasteiger partial charge on any atom is 0.225 e. The molecule has 5 heteroatoms. The number of anilines is 1. The molecule has 0 saturated carbocycles. The predicted octanol–water partition coefficient (Wildman–Crippen LogP) is 2.16. The number of hydrogen-bond donors (Lipinski definition) is 2. The van der Waals surface area contributed by atoms with Crippen LogP contribution in [0.4, 0.5) is 10.1 Å². The summed E-state index contributed by atoms with van der Waals surface area (Å²) < 4.78 is 18.3. The first-order valence-electron chi connectivity index (χ1n) is 6.10. The molecule has 4 nitrogen and oxygen atoms in total. The minimum Gasteiger partial charge on any atom is -0.492 e. The van der Waals surface area contributed by atoms with Gasteiger partial charge < -0.3 is 15.4 Å². The zero-order valence-electron chi connectivity index (χ0n) is 10.8. The van der Waals surface area contributed by atoms with E-state index in [9.17, 15) is 9.18 Å². The molecule has 1 rings (SSSR count). The van der Waals surface area contributed by atoms with Crippen molar-refractivity contribution < 1.29 is 13.9 Å². The Balaban J connectivity index is 2.62. The fourth-order valence-corrected chi connectivity index (χ4v) is 1.47. The van der Waals surface area contributed by atoms with Crippen molar-refractivity contribution in [1.29, 1.82) is 0 Å². The van der Waals surface area contributed by atoms with E-state index in [4.69, 9.17) is 4.74 Å². The van der Waals surface area contributed by atoms with E-state index >= 15 is 0 Å².